The fourth-order valence-corrected chi connectivity index (χ4v) is 2.74. The van der Waals surface area contributed by atoms with Crippen LogP contribution in [0.5, 0.6) is 0 Å². The molecule has 0 aliphatic carbocycles. The van der Waals surface area contributed by atoms with Gasteiger partial charge in [0.25, 0.3) is 5.91 Å². The van der Waals surface area contributed by atoms with Crippen LogP contribution in [0.4, 0.5) is 0 Å². The van der Waals surface area contributed by atoms with Crippen LogP contribution in [-0.4, -0.2) is 40.1 Å². The van der Waals surface area contributed by atoms with E-state index in [-0.39, 0.29) is 17.9 Å². The van der Waals surface area contributed by atoms with E-state index >= 15 is 0 Å². The van der Waals surface area contributed by atoms with Gasteiger partial charge < -0.3 is 15.7 Å². The van der Waals surface area contributed by atoms with E-state index in [0.717, 1.165) is 11.4 Å². The van der Waals surface area contributed by atoms with Crippen LogP contribution in [0.25, 0.3) is 0 Å². The predicted molar refractivity (Wildman–Crippen MR) is 70.4 cm³/mol. The van der Waals surface area contributed by atoms with Gasteiger partial charge in [-0.15, -0.1) is 11.3 Å². The molecule has 0 spiro atoms. The minimum absolute atomic E-state index is 0.107. The number of carbonyl (C=O) groups excluding carboxylic acids is 1. The zero-order valence-electron chi connectivity index (χ0n) is 10.7. The Morgan fingerprint density at radius 2 is 2.44 bits per heavy atom. The van der Waals surface area contributed by atoms with E-state index in [1.807, 2.05) is 13.8 Å². The highest BCUT2D eigenvalue weighted by atomic mass is 32.1. The minimum Gasteiger partial charge on any atom is -0.391 e. The summed E-state index contributed by atoms with van der Waals surface area (Å²) in [5.41, 5.74) is 6.17. The second kappa shape index (κ2) is 5.34. The van der Waals surface area contributed by atoms with E-state index in [2.05, 4.69) is 4.98 Å². The van der Waals surface area contributed by atoms with Crippen LogP contribution in [0, 0.1) is 5.92 Å². The van der Waals surface area contributed by atoms with Gasteiger partial charge in [-0.05, 0) is 19.3 Å². The molecule has 0 radical (unpaired) electrons. The minimum atomic E-state index is -0.436. The summed E-state index contributed by atoms with van der Waals surface area (Å²) >= 11 is 1.41. The molecule has 3 atom stereocenters. The highest BCUT2D eigenvalue weighted by molar-refractivity contribution is 7.09. The molecule has 2 rings (SSSR count). The van der Waals surface area contributed by atoms with Crippen molar-refractivity contribution < 1.29 is 9.90 Å². The Morgan fingerprint density at radius 1 is 1.72 bits per heavy atom. The second-order valence-corrected chi connectivity index (χ2v) is 5.83. The number of carbonyl (C=O) groups is 1. The number of aromatic nitrogens is 1. The molecule has 100 valence electrons. The van der Waals surface area contributed by atoms with Crippen molar-refractivity contribution >= 4 is 17.2 Å². The first-order valence-electron chi connectivity index (χ1n) is 6.17. The maximum atomic E-state index is 12.2. The largest absolute Gasteiger partial charge is 0.391 e. The summed E-state index contributed by atoms with van der Waals surface area (Å²) in [5, 5.41) is 12.3. The molecular formula is C12H19N3O2S. The third-order valence-corrected chi connectivity index (χ3v) is 4.38. The van der Waals surface area contributed by atoms with Gasteiger partial charge in [0.05, 0.1) is 12.1 Å². The number of thiazole rings is 1. The van der Waals surface area contributed by atoms with E-state index in [1.54, 1.807) is 10.3 Å². The molecular weight excluding hydrogens is 250 g/mol. The summed E-state index contributed by atoms with van der Waals surface area (Å²) in [6.07, 6.45) is 0.395. The third-order valence-electron chi connectivity index (χ3n) is 3.34. The lowest BCUT2D eigenvalue weighted by molar-refractivity contribution is 0.0245. The van der Waals surface area contributed by atoms with Crippen LogP contribution in [0.2, 0.25) is 0 Å². The molecule has 0 aromatic carbocycles. The van der Waals surface area contributed by atoms with Gasteiger partial charge in [-0.3, -0.25) is 4.79 Å². The number of aliphatic hydroxyl groups excluding tert-OH is 1. The molecule has 1 amide bonds. The average molecular weight is 269 g/mol. The van der Waals surface area contributed by atoms with Crippen LogP contribution >= 0.6 is 11.3 Å². The van der Waals surface area contributed by atoms with Crippen LogP contribution in [0.1, 0.15) is 41.8 Å². The van der Waals surface area contributed by atoms with Crippen molar-refractivity contribution in [1.82, 2.24) is 9.88 Å². The van der Waals surface area contributed by atoms with Gasteiger partial charge in [0.1, 0.15) is 10.7 Å². The summed E-state index contributed by atoms with van der Waals surface area (Å²) in [4.78, 5) is 18.1. The summed E-state index contributed by atoms with van der Waals surface area (Å²) in [6.45, 7) is 4.93. The van der Waals surface area contributed by atoms with Gasteiger partial charge in [0, 0.05) is 18.5 Å². The second-order valence-electron chi connectivity index (χ2n) is 4.94. The molecule has 0 bridgehead atoms. The molecule has 1 aliphatic rings. The Labute approximate surface area is 111 Å². The maximum absolute atomic E-state index is 12.2. The summed E-state index contributed by atoms with van der Waals surface area (Å²) in [5.74, 6) is 0.146. The number of aliphatic hydroxyl groups is 1. The Hall–Kier alpha value is -0.980. The predicted octanol–water partition coefficient (Wildman–Crippen LogP) is 1.01. The lowest BCUT2D eigenvalue weighted by Gasteiger charge is -2.33. The molecule has 1 aromatic heterocycles. The van der Waals surface area contributed by atoms with E-state index in [0.29, 0.717) is 18.8 Å². The zero-order chi connectivity index (χ0) is 13.3. The molecule has 1 aromatic rings. The van der Waals surface area contributed by atoms with Gasteiger partial charge in [0.15, 0.2) is 0 Å². The van der Waals surface area contributed by atoms with Crippen molar-refractivity contribution in [3.63, 3.8) is 0 Å². The normalized spacial score (nSPS) is 26.1. The van der Waals surface area contributed by atoms with Gasteiger partial charge in [0.2, 0.25) is 0 Å². The molecule has 1 saturated heterocycles. The fraction of sp³-hybridized carbons (Fsp3) is 0.667. The lowest BCUT2D eigenvalue weighted by atomic mass is 9.96. The number of amides is 1. The van der Waals surface area contributed by atoms with Crippen molar-refractivity contribution in [2.24, 2.45) is 11.7 Å². The third kappa shape index (κ3) is 2.71. The molecule has 3 N–H and O–H groups in total. The van der Waals surface area contributed by atoms with Gasteiger partial charge in [-0.2, -0.15) is 0 Å². The Bertz CT molecular complexity index is 433. The van der Waals surface area contributed by atoms with E-state index in [1.165, 1.54) is 11.3 Å². The Balaban J connectivity index is 2.06. The van der Waals surface area contributed by atoms with Gasteiger partial charge >= 0.3 is 0 Å². The first kappa shape index (κ1) is 13.5. The fourth-order valence-electron chi connectivity index (χ4n) is 1.99. The molecule has 1 fully saturated rings. The maximum Gasteiger partial charge on any atom is 0.273 e. The number of piperidine rings is 1. The topological polar surface area (TPSA) is 79.5 Å². The molecule has 1 aliphatic heterocycles. The number of hydrogen-bond acceptors (Lipinski definition) is 5. The molecule has 2 heterocycles. The standard InChI is InChI=1S/C12H19N3O2S/c1-7-3-4-15(5-10(7)16)12(17)9-6-18-11(14-9)8(2)13/h6-8,10,16H,3-5,13H2,1-2H3. The van der Waals surface area contributed by atoms with Crippen LogP contribution in [0.15, 0.2) is 5.38 Å². The molecule has 0 saturated carbocycles. The smallest absolute Gasteiger partial charge is 0.273 e. The number of likely N-dealkylation sites (tertiary alicyclic amines) is 1. The van der Waals surface area contributed by atoms with Gasteiger partial charge in [-0.25, -0.2) is 4.98 Å². The van der Waals surface area contributed by atoms with Gasteiger partial charge in [-0.1, -0.05) is 6.92 Å². The average Bonchev–Trinajstić information content (AvgIpc) is 2.81. The number of hydrogen-bond donors (Lipinski definition) is 2. The van der Waals surface area contributed by atoms with E-state index in [9.17, 15) is 9.90 Å². The monoisotopic (exact) mass is 269 g/mol. The molecule has 5 nitrogen and oxygen atoms in total. The lowest BCUT2D eigenvalue weighted by Crippen LogP contribution is -2.45. The van der Waals surface area contributed by atoms with Crippen molar-refractivity contribution in [2.45, 2.75) is 32.4 Å². The summed E-state index contributed by atoms with van der Waals surface area (Å²) in [7, 11) is 0. The van der Waals surface area contributed by atoms with Crippen molar-refractivity contribution in [3.8, 4) is 0 Å². The van der Waals surface area contributed by atoms with Crippen molar-refractivity contribution in [3.05, 3.63) is 16.1 Å². The Kier molecular flexibility index (Phi) is 3.99. The first-order chi connectivity index (χ1) is 8.49. The van der Waals surface area contributed by atoms with E-state index in [4.69, 9.17) is 5.73 Å². The van der Waals surface area contributed by atoms with Crippen LogP contribution in [0.3, 0.4) is 0 Å². The number of nitrogens with two attached hydrogens (primary N) is 1. The van der Waals surface area contributed by atoms with Crippen molar-refractivity contribution in [2.75, 3.05) is 13.1 Å². The highest BCUT2D eigenvalue weighted by Gasteiger charge is 2.28. The van der Waals surface area contributed by atoms with Crippen LogP contribution < -0.4 is 5.73 Å². The number of rotatable bonds is 2. The summed E-state index contributed by atoms with van der Waals surface area (Å²) < 4.78 is 0. The quantitative estimate of drug-likeness (QED) is 0.839. The number of β-amino-alcohol motifs (C(OH)–C–C–N with tert-alkyl or cyclic N) is 1. The van der Waals surface area contributed by atoms with E-state index < -0.39 is 6.10 Å². The van der Waals surface area contributed by atoms with Crippen molar-refractivity contribution in [1.29, 1.82) is 0 Å². The van der Waals surface area contributed by atoms with Crippen LogP contribution in [-0.2, 0) is 0 Å². The Morgan fingerprint density at radius 3 is 3.00 bits per heavy atom. The molecule has 18 heavy (non-hydrogen) atoms. The zero-order valence-corrected chi connectivity index (χ0v) is 11.5. The molecule has 3 unspecified atom stereocenters. The number of nitrogens with zero attached hydrogens (tertiary/aromatic N) is 2. The molecule has 6 heteroatoms. The summed E-state index contributed by atoms with van der Waals surface area (Å²) in [6, 6.07) is -0.150. The first-order valence-corrected chi connectivity index (χ1v) is 7.05. The SMILES string of the molecule is CC(N)c1nc(C(=O)N2CCC(C)C(O)C2)cs1. The highest BCUT2D eigenvalue weighted by Crippen LogP contribution is 2.21.